The van der Waals surface area contributed by atoms with Gasteiger partial charge in [0.25, 0.3) is 0 Å². The number of aryl methyl sites for hydroxylation is 7. The van der Waals surface area contributed by atoms with Crippen LogP contribution < -0.4 is 4.74 Å². The first-order valence-electron chi connectivity index (χ1n) is 35.4. The predicted molar refractivity (Wildman–Crippen MR) is 377 cm³/mol. The molecule has 108 heavy (non-hydrogen) atoms. The molecule has 12 heterocycles. The summed E-state index contributed by atoms with van der Waals surface area (Å²) >= 11 is 0. The lowest BCUT2D eigenvalue weighted by molar-refractivity contribution is -0.154. The summed E-state index contributed by atoms with van der Waals surface area (Å²) in [4.78, 5) is 77.9. The van der Waals surface area contributed by atoms with Crippen LogP contribution in [0.4, 0.5) is 26.3 Å². The van der Waals surface area contributed by atoms with E-state index in [4.69, 9.17) is 9.72 Å². The van der Waals surface area contributed by atoms with Crippen molar-refractivity contribution in [1.82, 2.24) is 67.6 Å². The fourth-order valence-corrected chi connectivity index (χ4v) is 20.8. The molecule has 24 nitrogen and oxygen atoms in total. The van der Waals surface area contributed by atoms with Crippen LogP contribution in [0.3, 0.4) is 0 Å². The number of hydrogen-bond acceptors (Lipinski definition) is 20. The summed E-state index contributed by atoms with van der Waals surface area (Å²) in [6.07, 6.45) is 14.6. The number of fused-ring (bicyclic) bond motifs is 3. The molecule has 9 aromatic rings. The lowest BCUT2D eigenvalue weighted by atomic mass is 9.81. The number of ketones is 3. The van der Waals surface area contributed by atoms with Gasteiger partial charge in [0.15, 0.2) is 24.0 Å². The van der Waals surface area contributed by atoms with Crippen LogP contribution in [0.2, 0.25) is 0 Å². The number of alkyl halides is 3. The van der Waals surface area contributed by atoms with E-state index >= 15 is 0 Å². The van der Waals surface area contributed by atoms with Gasteiger partial charge in [-0.2, -0.15) is 36.2 Å². The molecule has 3 aromatic carbocycles. The highest BCUT2D eigenvalue weighted by Gasteiger charge is 2.60. The Bertz CT molecular complexity index is 5230. The van der Waals surface area contributed by atoms with E-state index in [2.05, 4.69) is 51.0 Å². The van der Waals surface area contributed by atoms with Crippen molar-refractivity contribution < 1.29 is 70.7 Å². The van der Waals surface area contributed by atoms with Crippen molar-refractivity contribution in [3.8, 4) is 34.2 Å². The van der Waals surface area contributed by atoms with Gasteiger partial charge in [-0.25, -0.2) is 78.0 Å². The Labute approximate surface area is 619 Å². The van der Waals surface area contributed by atoms with E-state index in [1.54, 1.807) is 36.4 Å². The molecule has 0 spiro atoms. The largest absolute Gasteiger partial charge is 0.454 e. The quantitative estimate of drug-likeness (QED) is 0.0508. The highest BCUT2D eigenvalue weighted by molar-refractivity contribution is 7.89. The van der Waals surface area contributed by atoms with Crippen molar-refractivity contribution in [3.05, 3.63) is 198 Å². The lowest BCUT2D eigenvalue weighted by Gasteiger charge is -2.25. The molecule has 10 aliphatic rings. The minimum Gasteiger partial charge on any atom is -0.454 e. The van der Waals surface area contributed by atoms with Crippen LogP contribution in [-0.4, -0.2) is 159 Å². The molecule has 4 aliphatic carbocycles. The van der Waals surface area contributed by atoms with Crippen LogP contribution in [-0.2, 0) is 63.7 Å². The highest BCUT2D eigenvalue weighted by atomic mass is 32.2. The minimum atomic E-state index is -4.61. The number of hydrogen-bond donors (Lipinski definition) is 0. The van der Waals surface area contributed by atoms with Gasteiger partial charge in [-0.3, -0.25) is 19.4 Å². The normalized spacial score (nSPS) is 22.2. The van der Waals surface area contributed by atoms with Gasteiger partial charge in [0.05, 0.1) is 62.3 Å². The topological polar surface area (TPSA) is 306 Å². The van der Waals surface area contributed by atoms with Gasteiger partial charge >= 0.3 is 12.2 Å². The Morgan fingerprint density at radius 1 is 0.491 bits per heavy atom. The first-order valence-corrected chi connectivity index (χ1v) is 39.7. The molecule has 33 heteroatoms. The molecule has 564 valence electrons. The van der Waals surface area contributed by atoms with Gasteiger partial charge in [-0.05, 0) is 218 Å². The molecule has 4 saturated carbocycles. The number of sulfonamides is 3. The molecule has 0 amide bonds. The Hall–Kier alpha value is -9.54. The van der Waals surface area contributed by atoms with Crippen LogP contribution in [0, 0.1) is 62.9 Å². The van der Waals surface area contributed by atoms with Crippen LogP contribution in [0.5, 0.6) is 6.01 Å². The molecule has 0 N–H and O–H groups in total. The summed E-state index contributed by atoms with van der Waals surface area (Å²) in [6, 6.07) is 16.3. The zero-order valence-corrected chi connectivity index (χ0v) is 61.4. The summed E-state index contributed by atoms with van der Waals surface area (Å²) in [5.74, 6) is 0.222. The third-order valence-corrected chi connectivity index (χ3v) is 26.8. The first-order chi connectivity index (χ1) is 51.4. The summed E-state index contributed by atoms with van der Waals surface area (Å²) in [7, 11) is -11.8. The predicted octanol–water partition coefficient (Wildman–Crippen LogP) is 10.7. The summed E-state index contributed by atoms with van der Waals surface area (Å²) in [5, 5.41) is 4.50. The SMILES string of the molecule is Cc1ncc(-c2cc(CCC(=O)[C@@H]3C4CC(C4)N3S(=O)(=O)c3ccc(F)cc3)cc(C3CC3)n2)cn1.Cc1ncc(-c2cc(CCC(=O)[C@@H]3C4CC(C4)N3S(=O)(=O)c3ccc(F)cc3)nc(OCC(F)(F)F)n2)cn1.Cc1ncc(-n2cc(CCC(=O)[C@@H]3C4CC(C4)N3S(=O)(=O)c3ccc(F)cc3)c(C)n2)cn1. The molecule has 6 aliphatic heterocycles. The van der Waals surface area contributed by atoms with Crippen molar-refractivity contribution >= 4 is 47.4 Å². The molecule has 0 unspecified atom stereocenters. The van der Waals surface area contributed by atoms with Gasteiger partial charge in [-0.1, -0.05) is 0 Å². The van der Waals surface area contributed by atoms with Crippen LogP contribution in [0.25, 0.3) is 28.2 Å². The molecule has 0 radical (unpaired) electrons. The molecule has 10 fully saturated rings. The number of ether oxygens (including phenoxy) is 1. The molecular formula is C75H74F6N14O10S3. The van der Waals surface area contributed by atoms with Gasteiger partial charge in [0, 0.05) is 96.8 Å². The average Bonchev–Trinajstić information content (AvgIpc) is 1.58. The smallest absolute Gasteiger partial charge is 0.422 e. The maximum Gasteiger partial charge on any atom is 0.422 e. The molecule has 6 saturated heterocycles. The summed E-state index contributed by atoms with van der Waals surface area (Å²) in [5.41, 5.74) is 6.99. The van der Waals surface area contributed by atoms with Crippen LogP contribution in [0.15, 0.2) is 149 Å². The van der Waals surface area contributed by atoms with E-state index in [-0.39, 0.29) is 105 Å². The Morgan fingerprint density at radius 2 is 0.880 bits per heavy atom. The molecule has 3 atom stereocenters. The number of carbonyl (C=O) groups excluding carboxylic acids is 3. The Balaban J connectivity index is 0.000000136. The number of benzene rings is 3. The minimum absolute atomic E-state index is 0.0156. The van der Waals surface area contributed by atoms with Gasteiger partial charge in [0.2, 0.25) is 30.1 Å². The average molecular weight is 1540 g/mol. The van der Waals surface area contributed by atoms with Gasteiger partial charge < -0.3 is 4.74 Å². The standard InChI is InChI=1S/C27H27FN4O3S.C25H23F4N5O4S.C23H24FN5O3S/c1-16-29-14-20(15-30-16)25-11-17(10-24(31-25)18-3-4-18)2-9-26(33)27-19-12-22(13-19)32(27)36(34,35)23-7-5-21(28)6-8-23;1-14-30-11-16(12-31-14)21-10-18(32-24(33-21)38-13-25(27,28)29)4-7-22(35)23-15-8-19(9-15)34(23)39(36,37)20-5-2-17(26)3-6-20;1-14-16(13-28(27-14)20-11-25-15(2)26-12-20)3-8-22(30)23-17-9-19(10-17)29(23)33(31,32)21-6-4-18(24)5-7-21/h5-8,10-11,14-15,18-19,22,27H,2-4,9,12-13H2,1H3;2-3,5-6,10-12,15,19,23H,4,7-9,13H2,1H3;4-7,11-13,17,19,23H,3,8-10H2,1-2H3/t19?,22?,27-;15?,19?,23-;17?,19?,23-/m000/s1. The van der Waals surface area contributed by atoms with Crippen LogP contribution >= 0.6 is 0 Å². The number of nitrogens with zero attached hydrogens (tertiary/aromatic N) is 14. The van der Waals surface area contributed by atoms with Crippen LogP contribution in [0.1, 0.15) is 122 Å². The van der Waals surface area contributed by atoms with E-state index in [0.29, 0.717) is 80.3 Å². The van der Waals surface area contributed by atoms with E-state index < -0.39 is 84.4 Å². The van der Waals surface area contributed by atoms with Gasteiger partial charge in [0.1, 0.15) is 40.6 Å². The van der Waals surface area contributed by atoms with Crippen molar-refractivity contribution in [2.75, 3.05) is 6.61 Å². The van der Waals surface area contributed by atoms with Crippen molar-refractivity contribution in [3.63, 3.8) is 0 Å². The van der Waals surface area contributed by atoms with Crippen molar-refractivity contribution in [2.24, 2.45) is 17.8 Å². The van der Waals surface area contributed by atoms with E-state index in [1.807, 2.05) is 33.0 Å². The van der Waals surface area contributed by atoms with Crippen molar-refractivity contribution in [2.45, 2.75) is 181 Å². The second kappa shape index (κ2) is 30.1. The summed E-state index contributed by atoms with van der Waals surface area (Å²) < 4.78 is 168. The first kappa shape index (κ1) is 75.3. The van der Waals surface area contributed by atoms with Gasteiger partial charge in [-0.15, -0.1) is 0 Å². The number of halogens is 6. The third-order valence-electron chi connectivity index (χ3n) is 21.0. The molecule has 6 aromatic heterocycles. The number of pyridine rings is 1. The monoisotopic (exact) mass is 1540 g/mol. The second-order valence-electron chi connectivity index (χ2n) is 28.5. The van der Waals surface area contributed by atoms with E-state index in [9.17, 15) is 66.0 Å². The van der Waals surface area contributed by atoms with E-state index in [1.165, 1.54) is 67.8 Å². The Morgan fingerprint density at radius 3 is 1.29 bits per heavy atom. The van der Waals surface area contributed by atoms with Crippen molar-refractivity contribution in [1.29, 1.82) is 0 Å². The second-order valence-corrected chi connectivity index (χ2v) is 34.0. The lowest BCUT2D eigenvalue weighted by Crippen LogP contribution is -2.41. The fourth-order valence-electron chi connectivity index (χ4n) is 15.1. The third kappa shape index (κ3) is 16.0. The number of aromatic nitrogens is 11. The zero-order chi connectivity index (χ0) is 76.3. The molecular weight excluding hydrogens is 1470 g/mol. The maximum absolute atomic E-state index is 13.4. The molecule has 19 rings (SSSR count). The fraction of sp³-hybridized carbons (Fsp3) is 0.400. The highest BCUT2D eigenvalue weighted by Crippen LogP contribution is 2.52. The maximum atomic E-state index is 13.4. The Kier molecular flexibility index (Phi) is 21.0. The van der Waals surface area contributed by atoms with E-state index in [0.717, 1.165) is 88.7 Å². The zero-order valence-electron chi connectivity index (χ0n) is 58.9. The number of carbonyl (C=O) groups is 3. The number of rotatable bonds is 24. The molecule has 6 bridgehead atoms. The number of Topliss-reactive ketones (excluding diaryl/α,β-unsaturated/α-hetero) is 3. The summed E-state index contributed by atoms with van der Waals surface area (Å²) in [6.45, 7) is 5.60.